The smallest absolute Gasteiger partial charge is 0.0965 e. The Hall–Kier alpha value is -0.0200. The minimum atomic E-state index is 1.10. The molecule has 0 saturated carbocycles. The van der Waals surface area contributed by atoms with Crippen LogP contribution in [-0.4, -0.2) is 16.1 Å². The molecular formula is C11H16BrNS. The van der Waals surface area contributed by atoms with Gasteiger partial charge in [-0.25, -0.2) is 4.98 Å². The van der Waals surface area contributed by atoms with E-state index in [0.717, 1.165) is 16.0 Å². The zero-order chi connectivity index (χ0) is 10.4. The van der Waals surface area contributed by atoms with Gasteiger partial charge >= 0.3 is 0 Å². The van der Waals surface area contributed by atoms with Crippen LogP contribution in [0.25, 0.3) is 0 Å². The number of unbranched alkanes of at least 4 members (excludes halogenated alkanes) is 1. The Kier molecular flexibility index (Phi) is 5.56. The second-order valence-corrected chi connectivity index (χ2v) is 5.28. The molecule has 1 heterocycles. The van der Waals surface area contributed by atoms with Crippen molar-refractivity contribution in [3.63, 3.8) is 0 Å². The number of rotatable bonds is 5. The number of aryl methyl sites for hydroxylation is 2. The molecule has 1 aromatic rings. The van der Waals surface area contributed by atoms with Crippen LogP contribution in [-0.2, 0) is 0 Å². The summed E-state index contributed by atoms with van der Waals surface area (Å²) in [6, 6.07) is 4.27. The molecule has 0 amide bonds. The van der Waals surface area contributed by atoms with Gasteiger partial charge < -0.3 is 0 Å². The van der Waals surface area contributed by atoms with Gasteiger partial charge in [0.05, 0.1) is 5.03 Å². The van der Waals surface area contributed by atoms with Gasteiger partial charge in [-0.3, -0.25) is 0 Å². The molecule has 14 heavy (non-hydrogen) atoms. The van der Waals surface area contributed by atoms with E-state index in [1.807, 2.05) is 11.8 Å². The van der Waals surface area contributed by atoms with Crippen LogP contribution in [0.2, 0.25) is 0 Å². The van der Waals surface area contributed by atoms with E-state index < -0.39 is 0 Å². The van der Waals surface area contributed by atoms with Gasteiger partial charge in [-0.1, -0.05) is 15.9 Å². The number of pyridine rings is 1. The lowest BCUT2D eigenvalue weighted by Crippen LogP contribution is -1.88. The number of halogens is 1. The molecule has 0 saturated heterocycles. The molecule has 0 radical (unpaired) electrons. The van der Waals surface area contributed by atoms with Crippen LogP contribution < -0.4 is 0 Å². The van der Waals surface area contributed by atoms with Crippen molar-refractivity contribution in [1.82, 2.24) is 4.98 Å². The molecule has 0 bridgehead atoms. The van der Waals surface area contributed by atoms with E-state index in [1.54, 1.807) is 0 Å². The number of aromatic nitrogens is 1. The van der Waals surface area contributed by atoms with Gasteiger partial charge in [-0.2, -0.15) is 0 Å². The highest BCUT2D eigenvalue weighted by molar-refractivity contribution is 9.09. The Morgan fingerprint density at radius 2 is 2.07 bits per heavy atom. The molecule has 0 spiro atoms. The first-order valence-electron chi connectivity index (χ1n) is 4.86. The predicted molar refractivity (Wildman–Crippen MR) is 67.5 cm³/mol. The Morgan fingerprint density at radius 1 is 1.29 bits per heavy atom. The van der Waals surface area contributed by atoms with Crippen LogP contribution in [0.5, 0.6) is 0 Å². The summed E-state index contributed by atoms with van der Waals surface area (Å²) in [5.41, 5.74) is 2.42. The lowest BCUT2D eigenvalue weighted by molar-refractivity contribution is 0.910. The third-order valence-corrected chi connectivity index (χ3v) is 3.41. The van der Waals surface area contributed by atoms with E-state index in [9.17, 15) is 0 Å². The summed E-state index contributed by atoms with van der Waals surface area (Å²) in [7, 11) is 0. The Morgan fingerprint density at radius 3 is 2.71 bits per heavy atom. The van der Waals surface area contributed by atoms with Gasteiger partial charge in [0, 0.05) is 11.0 Å². The summed E-state index contributed by atoms with van der Waals surface area (Å²) in [6.07, 6.45) is 2.50. The predicted octanol–water partition coefficient (Wildman–Crippen LogP) is 3.97. The number of hydrogen-bond acceptors (Lipinski definition) is 2. The van der Waals surface area contributed by atoms with Crippen molar-refractivity contribution in [2.45, 2.75) is 31.7 Å². The van der Waals surface area contributed by atoms with Crippen molar-refractivity contribution >= 4 is 27.7 Å². The van der Waals surface area contributed by atoms with Crippen LogP contribution in [0.3, 0.4) is 0 Å². The molecule has 0 aliphatic carbocycles. The maximum atomic E-state index is 4.48. The monoisotopic (exact) mass is 273 g/mol. The van der Waals surface area contributed by atoms with E-state index in [0.29, 0.717) is 0 Å². The average Bonchev–Trinajstić information content (AvgIpc) is 2.11. The number of thioether (sulfide) groups is 1. The first-order chi connectivity index (χ1) is 6.72. The van der Waals surface area contributed by atoms with Crippen LogP contribution in [0, 0.1) is 13.8 Å². The van der Waals surface area contributed by atoms with E-state index in [4.69, 9.17) is 0 Å². The number of nitrogens with zero attached hydrogens (tertiary/aromatic N) is 1. The first-order valence-corrected chi connectivity index (χ1v) is 6.97. The maximum Gasteiger partial charge on any atom is 0.0965 e. The fraction of sp³-hybridized carbons (Fsp3) is 0.545. The maximum absolute atomic E-state index is 4.48. The molecule has 1 nitrogen and oxygen atoms in total. The van der Waals surface area contributed by atoms with Gasteiger partial charge in [0.15, 0.2) is 0 Å². The topological polar surface area (TPSA) is 12.9 Å². The molecule has 0 fully saturated rings. The Balaban J connectivity index is 2.42. The summed E-state index contributed by atoms with van der Waals surface area (Å²) >= 11 is 5.29. The summed E-state index contributed by atoms with van der Waals surface area (Å²) in [4.78, 5) is 4.48. The van der Waals surface area contributed by atoms with Crippen molar-refractivity contribution < 1.29 is 0 Å². The fourth-order valence-electron chi connectivity index (χ4n) is 1.25. The van der Waals surface area contributed by atoms with Crippen molar-refractivity contribution in [3.8, 4) is 0 Å². The lowest BCUT2D eigenvalue weighted by Gasteiger charge is -2.03. The lowest BCUT2D eigenvalue weighted by atomic mass is 10.3. The molecular weight excluding hydrogens is 258 g/mol. The summed E-state index contributed by atoms with van der Waals surface area (Å²) < 4.78 is 0. The largest absolute Gasteiger partial charge is 0.247 e. The highest BCUT2D eigenvalue weighted by Gasteiger charge is 1.98. The number of alkyl halides is 1. The molecule has 0 aliphatic heterocycles. The molecule has 0 unspecified atom stereocenters. The quantitative estimate of drug-likeness (QED) is 0.458. The van der Waals surface area contributed by atoms with Gasteiger partial charge in [0.2, 0.25) is 0 Å². The normalized spacial score (nSPS) is 10.5. The van der Waals surface area contributed by atoms with Gasteiger partial charge in [-0.15, -0.1) is 11.8 Å². The second kappa shape index (κ2) is 6.46. The van der Waals surface area contributed by atoms with E-state index in [-0.39, 0.29) is 0 Å². The fourth-order valence-corrected chi connectivity index (χ4v) is 2.68. The molecule has 1 aromatic heterocycles. The van der Waals surface area contributed by atoms with Crippen LogP contribution >= 0.6 is 27.7 Å². The third-order valence-electron chi connectivity index (χ3n) is 1.85. The zero-order valence-corrected chi connectivity index (χ0v) is 11.1. The minimum absolute atomic E-state index is 1.10. The molecule has 0 N–H and O–H groups in total. The number of hydrogen-bond donors (Lipinski definition) is 0. The van der Waals surface area contributed by atoms with Crippen molar-refractivity contribution in [2.75, 3.05) is 11.1 Å². The molecule has 0 aliphatic rings. The van der Waals surface area contributed by atoms with E-state index in [2.05, 4.69) is 46.9 Å². The Bertz CT molecular complexity index is 268. The summed E-state index contributed by atoms with van der Waals surface area (Å²) in [6.45, 7) is 4.17. The summed E-state index contributed by atoms with van der Waals surface area (Å²) in [5, 5.41) is 2.27. The van der Waals surface area contributed by atoms with Gasteiger partial charge in [0.1, 0.15) is 0 Å². The zero-order valence-electron chi connectivity index (χ0n) is 8.72. The standard InChI is InChI=1S/C11H16BrNS/c1-9-7-10(2)13-11(8-9)14-6-4-3-5-12/h7-8H,3-6H2,1-2H3. The summed E-state index contributed by atoms with van der Waals surface area (Å²) in [5.74, 6) is 1.17. The molecule has 78 valence electrons. The van der Waals surface area contributed by atoms with Gasteiger partial charge in [-0.05, 0) is 50.1 Å². The molecule has 0 aromatic carbocycles. The Labute approximate surface area is 98.8 Å². The van der Waals surface area contributed by atoms with Crippen LogP contribution in [0.15, 0.2) is 17.2 Å². The highest BCUT2D eigenvalue weighted by atomic mass is 79.9. The van der Waals surface area contributed by atoms with E-state index in [1.165, 1.54) is 24.2 Å². The SMILES string of the molecule is Cc1cc(C)nc(SCCCCBr)c1. The average molecular weight is 274 g/mol. The van der Waals surface area contributed by atoms with Crippen molar-refractivity contribution in [1.29, 1.82) is 0 Å². The second-order valence-electron chi connectivity index (χ2n) is 3.37. The third kappa shape index (κ3) is 4.47. The molecule has 3 heteroatoms. The van der Waals surface area contributed by atoms with Crippen LogP contribution in [0.4, 0.5) is 0 Å². The minimum Gasteiger partial charge on any atom is -0.247 e. The van der Waals surface area contributed by atoms with Crippen LogP contribution in [0.1, 0.15) is 24.1 Å². The first kappa shape index (κ1) is 12.1. The van der Waals surface area contributed by atoms with Crippen molar-refractivity contribution in [3.05, 3.63) is 23.4 Å². The molecule has 0 atom stereocenters. The van der Waals surface area contributed by atoms with E-state index >= 15 is 0 Å². The highest BCUT2D eigenvalue weighted by Crippen LogP contribution is 2.18. The van der Waals surface area contributed by atoms with Crippen molar-refractivity contribution in [2.24, 2.45) is 0 Å². The van der Waals surface area contributed by atoms with Gasteiger partial charge in [0.25, 0.3) is 0 Å². The molecule has 1 rings (SSSR count).